The van der Waals surface area contributed by atoms with Gasteiger partial charge in [0.25, 0.3) is 0 Å². The van der Waals surface area contributed by atoms with Crippen molar-refractivity contribution in [3.8, 4) is 0 Å². The first-order valence-electron chi connectivity index (χ1n) is 7.80. The maximum atomic E-state index is 6.11. The molecule has 0 saturated carbocycles. The summed E-state index contributed by atoms with van der Waals surface area (Å²) >= 11 is 0. The predicted octanol–water partition coefficient (Wildman–Crippen LogP) is 3.06. The van der Waals surface area contributed by atoms with E-state index in [0.717, 1.165) is 11.4 Å². The smallest absolute Gasteiger partial charge is 0.398 e. The van der Waals surface area contributed by atoms with Gasteiger partial charge in [-0.1, -0.05) is 13.8 Å². The fourth-order valence-electron chi connectivity index (χ4n) is 2.44. The van der Waals surface area contributed by atoms with Gasteiger partial charge in [0, 0.05) is 17.7 Å². The summed E-state index contributed by atoms with van der Waals surface area (Å²) in [5.74, 6) is 1.44. The molecular weight excluding hydrogens is 263 g/mol. The molecule has 2 rings (SSSR count). The van der Waals surface area contributed by atoms with Crippen molar-refractivity contribution in [3.05, 3.63) is 12.0 Å². The molecule has 118 valence electrons. The van der Waals surface area contributed by atoms with Crippen LogP contribution in [0.1, 0.15) is 74.1 Å². The van der Waals surface area contributed by atoms with E-state index in [1.165, 1.54) is 0 Å². The van der Waals surface area contributed by atoms with E-state index in [0.29, 0.717) is 5.92 Å². The van der Waals surface area contributed by atoms with Gasteiger partial charge >= 0.3 is 7.12 Å². The molecule has 0 spiro atoms. The molecule has 21 heavy (non-hydrogen) atoms. The van der Waals surface area contributed by atoms with Crippen LogP contribution >= 0.6 is 0 Å². The number of imidazole rings is 1. The molecule has 1 aromatic heterocycles. The highest BCUT2D eigenvalue weighted by molar-refractivity contribution is 6.61. The van der Waals surface area contributed by atoms with Gasteiger partial charge in [0.2, 0.25) is 0 Å². The van der Waals surface area contributed by atoms with Gasteiger partial charge in [-0.25, -0.2) is 4.98 Å². The Morgan fingerprint density at radius 2 is 1.57 bits per heavy atom. The summed E-state index contributed by atoms with van der Waals surface area (Å²) in [6.07, 6.45) is 2.08. The van der Waals surface area contributed by atoms with Crippen LogP contribution in [0.2, 0.25) is 0 Å². The summed E-state index contributed by atoms with van der Waals surface area (Å²) < 4.78 is 14.5. The molecule has 0 aromatic carbocycles. The molecule has 1 aromatic rings. The highest BCUT2D eigenvalue weighted by Gasteiger charge is 2.52. The zero-order chi connectivity index (χ0) is 16.2. The zero-order valence-corrected chi connectivity index (χ0v) is 14.9. The summed E-state index contributed by atoms with van der Waals surface area (Å²) in [5, 5.41) is 0. The van der Waals surface area contributed by atoms with Gasteiger partial charge in [0.05, 0.1) is 16.8 Å². The molecule has 0 N–H and O–H groups in total. The Morgan fingerprint density at radius 3 is 1.90 bits per heavy atom. The van der Waals surface area contributed by atoms with Gasteiger partial charge in [0.1, 0.15) is 5.82 Å². The van der Waals surface area contributed by atoms with Crippen molar-refractivity contribution >= 4 is 12.7 Å². The van der Waals surface area contributed by atoms with Crippen LogP contribution < -0.4 is 5.59 Å². The lowest BCUT2D eigenvalue weighted by atomic mass is 9.85. The molecule has 2 heterocycles. The molecule has 1 fully saturated rings. The van der Waals surface area contributed by atoms with Gasteiger partial charge < -0.3 is 13.9 Å². The van der Waals surface area contributed by atoms with Crippen LogP contribution in [0, 0.1) is 0 Å². The average molecular weight is 292 g/mol. The van der Waals surface area contributed by atoms with Crippen LogP contribution in [0.5, 0.6) is 0 Å². The quantitative estimate of drug-likeness (QED) is 0.786. The Bertz CT molecular complexity index is 511. The van der Waals surface area contributed by atoms with E-state index in [4.69, 9.17) is 14.3 Å². The predicted molar refractivity (Wildman–Crippen MR) is 87.0 cm³/mol. The van der Waals surface area contributed by atoms with Crippen molar-refractivity contribution in [2.24, 2.45) is 0 Å². The maximum absolute atomic E-state index is 6.11. The van der Waals surface area contributed by atoms with E-state index in [1.807, 2.05) is 0 Å². The first kappa shape index (κ1) is 16.6. The molecule has 1 aliphatic heterocycles. The summed E-state index contributed by atoms with van der Waals surface area (Å²) in [4.78, 5) is 4.80. The van der Waals surface area contributed by atoms with Crippen molar-refractivity contribution in [3.63, 3.8) is 0 Å². The van der Waals surface area contributed by atoms with Gasteiger partial charge in [-0.2, -0.15) is 0 Å². The number of hydrogen-bond acceptors (Lipinski definition) is 3. The van der Waals surface area contributed by atoms with E-state index in [2.05, 4.69) is 73.1 Å². The summed E-state index contributed by atoms with van der Waals surface area (Å²) in [7, 11) is -0.393. The van der Waals surface area contributed by atoms with E-state index >= 15 is 0 Å². The van der Waals surface area contributed by atoms with Crippen molar-refractivity contribution in [2.75, 3.05) is 0 Å². The molecule has 1 saturated heterocycles. The van der Waals surface area contributed by atoms with E-state index < -0.39 is 7.12 Å². The fourth-order valence-corrected chi connectivity index (χ4v) is 2.44. The second-order valence-electron chi connectivity index (χ2n) is 8.31. The van der Waals surface area contributed by atoms with E-state index in [9.17, 15) is 0 Å². The minimum atomic E-state index is -0.393. The topological polar surface area (TPSA) is 36.3 Å². The Balaban J connectivity index is 2.39. The first-order valence-corrected chi connectivity index (χ1v) is 7.80. The van der Waals surface area contributed by atoms with E-state index in [-0.39, 0.29) is 16.7 Å². The second-order valence-corrected chi connectivity index (χ2v) is 8.31. The molecule has 0 unspecified atom stereocenters. The molecule has 0 radical (unpaired) electrons. The van der Waals surface area contributed by atoms with Crippen LogP contribution in [0.4, 0.5) is 0 Å². The summed E-state index contributed by atoms with van der Waals surface area (Å²) in [5.41, 5.74) is 0.198. The van der Waals surface area contributed by atoms with Crippen molar-refractivity contribution < 1.29 is 9.31 Å². The van der Waals surface area contributed by atoms with Crippen molar-refractivity contribution in [1.82, 2.24) is 9.55 Å². The van der Waals surface area contributed by atoms with Crippen LogP contribution in [-0.4, -0.2) is 27.9 Å². The van der Waals surface area contributed by atoms with Crippen molar-refractivity contribution in [2.45, 2.75) is 85.0 Å². The van der Waals surface area contributed by atoms with Gasteiger partial charge in [-0.05, 0) is 48.5 Å². The lowest BCUT2D eigenvalue weighted by molar-refractivity contribution is 0.00578. The number of nitrogens with zero attached hydrogens (tertiary/aromatic N) is 2. The van der Waals surface area contributed by atoms with Gasteiger partial charge in [0.15, 0.2) is 0 Å². The highest BCUT2D eigenvalue weighted by atomic mass is 16.7. The standard InChI is InChI=1S/C16H29BN2O2/c1-11(2)13-18-12(10-19(13)14(3,4)5)17-20-15(6,7)16(8,9)21-17/h10-11H,1-9H3. The van der Waals surface area contributed by atoms with Gasteiger partial charge in [-0.15, -0.1) is 0 Å². The molecular formula is C16H29BN2O2. The van der Waals surface area contributed by atoms with Crippen LogP contribution in [-0.2, 0) is 14.8 Å². The third-order valence-corrected chi connectivity index (χ3v) is 4.49. The second kappa shape index (κ2) is 4.85. The molecule has 4 nitrogen and oxygen atoms in total. The lowest BCUT2D eigenvalue weighted by Gasteiger charge is -2.32. The van der Waals surface area contributed by atoms with Crippen LogP contribution in [0.15, 0.2) is 6.20 Å². The third kappa shape index (κ3) is 2.91. The molecule has 0 atom stereocenters. The Kier molecular flexibility index (Phi) is 3.83. The minimum Gasteiger partial charge on any atom is -0.398 e. The van der Waals surface area contributed by atoms with Crippen LogP contribution in [0.3, 0.4) is 0 Å². The molecule has 0 amide bonds. The number of hydrogen-bond donors (Lipinski definition) is 0. The zero-order valence-electron chi connectivity index (χ0n) is 14.9. The lowest BCUT2D eigenvalue weighted by Crippen LogP contribution is -2.41. The van der Waals surface area contributed by atoms with Gasteiger partial charge in [-0.3, -0.25) is 0 Å². The SMILES string of the molecule is CC(C)c1nc(B2OC(C)(C)C(C)(C)O2)cn1C(C)(C)C. The normalized spacial score (nSPS) is 21.3. The maximum Gasteiger partial charge on any atom is 0.516 e. The fraction of sp³-hybridized carbons (Fsp3) is 0.812. The summed E-state index contributed by atoms with van der Waals surface area (Å²) in [6.45, 7) is 19.2. The van der Waals surface area contributed by atoms with Crippen LogP contribution in [0.25, 0.3) is 0 Å². The monoisotopic (exact) mass is 292 g/mol. The highest BCUT2D eigenvalue weighted by Crippen LogP contribution is 2.36. The minimum absolute atomic E-state index is 0.00546. The summed E-state index contributed by atoms with van der Waals surface area (Å²) in [6, 6.07) is 0. The average Bonchev–Trinajstić information content (AvgIpc) is 2.78. The molecule has 0 aliphatic carbocycles. The molecule has 1 aliphatic rings. The van der Waals surface area contributed by atoms with E-state index in [1.54, 1.807) is 0 Å². The molecule has 0 bridgehead atoms. The Morgan fingerprint density at radius 1 is 1.10 bits per heavy atom. The number of rotatable bonds is 2. The number of aromatic nitrogens is 2. The largest absolute Gasteiger partial charge is 0.516 e. The van der Waals surface area contributed by atoms with Crippen molar-refractivity contribution in [1.29, 1.82) is 0 Å². The Labute approximate surface area is 129 Å². The third-order valence-electron chi connectivity index (χ3n) is 4.49. The Hall–Kier alpha value is -0.805. The molecule has 5 heteroatoms. The first-order chi connectivity index (χ1) is 9.35.